The van der Waals surface area contributed by atoms with Gasteiger partial charge in [0.05, 0.1) is 6.61 Å². The number of esters is 1. The highest BCUT2D eigenvalue weighted by Gasteiger charge is 2.19. The Morgan fingerprint density at radius 2 is 1.80 bits per heavy atom. The van der Waals surface area contributed by atoms with Gasteiger partial charge in [-0.2, -0.15) is 0 Å². The molecule has 0 atom stereocenters. The van der Waals surface area contributed by atoms with Crippen molar-refractivity contribution in [2.24, 2.45) is 0 Å². The van der Waals surface area contributed by atoms with E-state index in [1.807, 2.05) is 0 Å². The Morgan fingerprint density at radius 3 is 2.10 bits per heavy atom. The molecule has 0 rings (SSSR count). The number of hydrogen-bond donors (Lipinski definition) is 0. The number of hydrogen-bond acceptors (Lipinski definition) is 4. The van der Waals surface area contributed by atoms with Crippen LogP contribution in [0, 0.1) is 13.8 Å². The van der Waals surface area contributed by atoms with Crippen LogP contribution in [0.15, 0.2) is 0 Å². The van der Waals surface area contributed by atoms with Gasteiger partial charge in [-0.3, -0.25) is 9.59 Å². The highest BCUT2D eigenvalue weighted by atomic mass is 16.5. The number of carbonyl (C=O) groups excluding carboxylic acids is 3. The van der Waals surface area contributed by atoms with E-state index < -0.39 is 24.1 Å². The van der Waals surface area contributed by atoms with Crippen LogP contribution in [0.2, 0.25) is 0 Å². The second kappa shape index (κ2) is 3.76. The van der Waals surface area contributed by atoms with Crippen LogP contribution in [-0.2, 0) is 19.1 Å². The molecule has 4 radical (unpaired) electrons. The summed E-state index contributed by atoms with van der Waals surface area (Å²) < 4.78 is 3.95. The Labute approximate surface area is 58.2 Å². The Bertz CT molecular complexity index is 171. The van der Waals surface area contributed by atoms with Crippen LogP contribution in [0.3, 0.4) is 0 Å². The smallest absolute Gasteiger partial charge is 0.382 e. The first-order chi connectivity index (χ1) is 4.59. The molecule has 0 aromatic heterocycles. The molecule has 4 nitrogen and oxygen atoms in total. The second-order valence-corrected chi connectivity index (χ2v) is 1.29. The predicted molar refractivity (Wildman–Crippen MR) is 29.6 cm³/mol. The molecule has 0 amide bonds. The molecule has 0 aliphatic carbocycles. The third-order valence-electron chi connectivity index (χ3n) is 0.624. The van der Waals surface area contributed by atoms with Crippen molar-refractivity contribution in [3.8, 4) is 0 Å². The Morgan fingerprint density at radius 1 is 1.30 bits per heavy atom. The average Bonchev–Trinajstić information content (AvgIpc) is 1.87. The third-order valence-corrected chi connectivity index (χ3v) is 0.624. The van der Waals surface area contributed by atoms with Crippen molar-refractivity contribution in [1.29, 1.82) is 0 Å². The van der Waals surface area contributed by atoms with Crippen LogP contribution in [0.25, 0.3) is 0 Å². The zero-order valence-electron chi connectivity index (χ0n) is 4.99. The zero-order valence-corrected chi connectivity index (χ0v) is 4.99. The van der Waals surface area contributed by atoms with Gasteiger partial charge >= 0.3 is 11.8 Å². The lowest BCUT2D eigenvalue weighted by Crippen LogP contribution is -2.23. The first kappa shape index (κ1) is 8.81. The van der Waals surface area contributed by atoms with Crippen molar-refractivity contribution in [2.45, 2.75) is 0 Å². The molecule has 52 valence electrons. The molecule has 0 N–H and O–H groups in total. The van der Waals surface area contributed by atoms with Crippen LogP contribution in [0.1, 0.15) is 0 Å². The molecule has 0 fully saturated rings. The zero-order chi connectivity index (χ0) is 8.15. The summed E-state index contributed by atoms with van der Waals surface area (Å²) in [5, 5.41) is 0. The topological polar surface area (TPSA) is 60.4 Å². The maximum absolute atomic E-state index is 10.2. The van der Waals surface area contributed by atoms with E-state index in [1.165, 1.54) is 0 Å². The molecule has 0 aliphatic heterocycles. The summed E-state index contributed by atoms with van der Waals surface area (Å²) in [7, 11) is 0. The first-order valence-electron chi connectivity index (χ1n) is 2.30. The fourth-order valence-corrected chi connectivity index (χ4v) is 0.242. The monoisotopic (exact) mass is 140 g/mol. The van der Waals surface area contributed by atoms with Crippen LogP contribution in [0.4, 0.5) is 0 Å². The van der Waals surface area contributed by atoms with E-state index in [2.05, 4.69) is 11.7 Å². The quantitative estimate of drug-likeness (QED) is 0.289. The summed E-state index contributed by atoms with van der Waals surface area (Å²) in [5.41, 5.74) is 0. The highest BCUT2D eigenvalue weighted by molar-refractivity contribution is 6.63. The van der Waals surface area contributed by atoms with Crippen LogP contribution in [-0.4, -0.2) is 24.1 Å². The maximum atomic E-state index is 10.2. The number of ether oxygens (including phenoxy) is 1. The van der Waals surface area contributed by atoms with Gasteiger partial charge in [-0.05, 0) is 0 Å². The van der Waals surface area contributed by atoms with Gasteiger partial charge in [-0.25, -0.2) is 4.79 Å². The van der Waals surface area contributed by atoms with E-state index in [0.29, 0.717) is 0 Å². The molecule has 0 saturated heterocycles. The van der Waals surface area contributed by atoms with E-state index in [4.69, 9.17) is 6.92 Å². The van der Waals surface area contributed by atoms with Crippen molar-refractivity contribution >= 4 is 17.5 Å². The minimum atomic E-state index is -1.40. The van der Waals surface area contributed by atoms with Gasteiger partial charge < -0.3 is 4.74 Å². The second-order valence-electron chi connectivity index (χ2n) is 1.29. The minimum Gasteiger partial charge on any atom is -0.459 e. The molecule has 0 aromatic carbocycles. The van der Waals surface area contributed by atoms with Gasteiger partial charge in [-0.15, -0.1) is 0 Å². The summed E-state index contributed by atoms with van der Waals surface area (Å²) in [6.07, 6.45) is 0. The maximum Gasteiger partial charge on any atom is 0.382 e. The lowest BCUT2D eigenvalue weighted by molar-refractivity contribution is -0.155. The van der Waals surface area contributed by atoms with E-state index in [0.717, 1.165) is 0 Å². The molecule has 0 saturated carbocycles. The minimum absolute atomic E-state index is 0.447. The Balaban J connectivity index is 3.96. The molecule has 4 heteroatoms. The van der Waals surface area contributed by atoms with Gasteiger partial charge in [0.2, 0.25) is 5.78 Å². The van der Waals surface area contributed by atoms with E-state index in [1.54, 1.807) is 0 Å². The first-order valence-corrected chi connectivity index (χ1v) is 2.30. The summed E-state index contributed by atoms with van der Waals surface area (Å²) in [6, 6.07) is 0. The lowest BCUT2D eigenvalue weighted by atomic mass is 10.3. The van der Waals surface area contributed by atoms with Crippen LogP contribution < -0.4 is 0 Å². The third kappa shape index (κ3) is 2.39. The van der Waals surface area contributed by atoms with Crippen molar-refractivity contribution in [3.05, 3.63) is 13.8 Å². The van der Waals surface area contributed by atoms with Crippen molar-refractivity contribution in [2.75, 3.05) is 6.61 Å². The molecule has 0 spiro atoms. The molecule has 0 heterocycles. The predicted octanol–water partition coefficient (Wildman–Crippen LogP) is -0.910. The van der Waals surface area contributed by atoms with Crippen LogP contribution >= 0.6 is 0 Å². The highest BCUT2D eigenvalue weighted by Crippen LogP contribution is 1.81. The van der Waals surface area contributed by atoms with Gasteiger partial charge in [0, 0.05) is 13.8 Å². The van der Waals surface area contributed by atoms with E-state index in [9.17, 15) is 14.4 Å². The Hall–Kier alpha value is -1.19. The molecular weight excluding hydrogens is 136 g/mol. The molecule has 0 bridgehead atoms. The molecule has 0 unspecified atom stereocenters. The number of rotatable bonds is 3. The van der Waals surface area contributed by atoms with E-state index >= 15 is 0 Å². The normalized spacial score (nSPS) is 8.60. The molecule has 0 aliphatic rings. The number of carbonyl (C=O) groups is 3. The largest absolute Gasteiger partial charge is 0.459 e. The SMILES string of the molecule is [CH]COC(=O)C(=O)C([CH])=O. The molecular formula is C6H4O4. The summed E-state index contributed by atoms with van der Waals surface area (Å²) in [6.45, 7) is 8.71. The van der Waals surface area contributed by atoms with Crippen molar-refractivity contribution < 1.29 is 19.1 Å². The lowest BCUT2D eigenvalue weighted by Gasteiger charge is -1.94. The summed E-state index contributed by atoms with van der Waals surface area (Å²) >= 11 is 0. The van der Waals surface area contributed by atoms with Crippen LogP contribution in [0.5, 0.6) is 0 Å². The van der Waals surface area contributed by atoms with Gasteiger partial charge in [0.1, 0.15) is 0 Å². The molecule has 10 heavy (non-hydrogen) atoms. The fourth-order valence-electron chi connectivity index (χ4n) is 0.242. The molecule has 0 aromatic rings. The van der Waals surface area contributed by atoms with Gasteiger partial charge in [0.25, 0.3) is 0 Å². The van der Waals surface area contributed by atoms with Crippen molar-refractivity contribution in [1.82, 2.24) is 0 Å². The standard InChI is InChI=1S/C6H4O4/c1-3-10-6(9)5(8)4(2)7/h1-2H,3H2. The fraction of sp³-hybridized carbons (Fsp3) is 0.167. The number of ketones is 2. The van der Waals surface area contributed by atoms with Gasteiger partial charge in [0.15, 0.2) is 0 Å². The summed E-state index contributed by atoms with van der Waals surface area (Å²) in [4.78, 5) is 30.4. The number of Topliss-reactive ketones (excluding diaryl/α,β-unsaturated/α-hetero) is 2. The summed E-state index contributed by atoms with van der Waals surface area (Å²) in [5.74, 6) is -4.07. The van der Waals surface area contributed by atoms with Gasteiger partial charge in [-0.1, -0.05) is 0 Å². The van der Waals surface area contributed by atoms with Crippen molar-refractivity contribution in [3.63, 3.8) is 0 Å². The van der Waals surface area contributed by atoms with E-state index in [-0.39, 0.29) is 0 Å². The Kier molecular flexibility index (Phi) is 3.32. The average molecular weight is 140 g/mol.